The molecule has 0 radical (unpaired) electrons. The van der Waals surface area contributed by atoms with Crippen LogP contribution in [0.3, 0.4) is 0 Å². The zero-order valence-corrected chi connectivity index (χ0v) is 16.0. The highest BCUT2D eigenvalue weighted by Gasteiger charge is 2.17. The Morgan fingerprint density at radius 3 is 2.68 bits per heavy atom. The molecule has 3 aromatic rings. The number of carbonyl (C=O) groups is 1. The van der Waals surface area contributed by atoms with Crippen LogP contribution < -0.4 is 0 Å². The van der Waals surface area contributed by atoms with Crippen molar-refractivity contribution in [2.45, 2.75) is 12.1 Å². The maximum absolute atomic E-state index is 11.7. The average Bonchev–Trinajstić information content (AvgIpc) is 3.05. The van der Waals surface area contributed by atoms with Gasteiger partial charge in [-0.3, -0.25) is 9.36 Å². The van der Waals surface area contributed by atoms with Gasteiger partial charge in [-0.25, -0.2) is 0 Å². The van der Waals surface area contributed by atoms with Crippen LogP contribution in [-0.4, -0.2) is 33.1 Å². The second-order valence-corrected chi connectivity index (χ2v) is 6.94. The summed E-state index contributed by atoms with van der Waals surface area (Å²) in [6.45, 7) is 2.16. The van der Waals surface area contributed by atoms with Crippen LogP contribution in [0.2, 0.25) is 0 Å². The predicted octanol–water partition coefficient (Wildman–Crippen LogP) is 4.35. The van der Waals surface area contributed by atoms with Crippen LogP contribution in [0.25, 0.3) is 17.1 Å². The van der Waals surface area contributed by atoms with E-state index in [9.17, 15) is 4.79 Å². The standard InChI is InChI=1S/C18H16BrN3O2S/c1-2-24-16(23)12-25-18-21-20-17(13-7-6-8-14(19)11-13)22(18)15-9-4-3-5-10-15/h3-11H,2,12H2,1H3. The predicted molar refractivity (Wildman–Crippen MR) is 102 cm³/mol. The van der Waals surface area contributed by atoms with Crippen molar-refractivity contribution in [3.63, 3.8) is 0 Å². The Hall–Kier alpha value is -2.12. The summed E-state index contributed by atoms with van der Waals surface area (Å²) in [4.78, 5) is 11.7. The van der Waals surface area contributed by atoms with Crippen molar-refractivity contribution in [3.8, 4) is 17.1 Å². The van der Waals surface area contributed by atoms with Gasteiger partial charge in [0.1, 0.15) is 0 Å². The van der Waals surface area contributed by atoms with E-state index >= 15 is 0 Å². The quantitative estimate of drug-likeness (QED) is 0.440. The lowest BCUT2D eigenvalue weighted by molar-refractivity contribution is -0.139. The molecule has 128 valence electrons. The lowest BCUT2D eigenvalue weighted by atomic mass is 10.2. The van der Waals surface area contributed by atoms with Crippen molar-refractivity contribution in [2.75, 3.05) is 12.4 Å². The number of benzene rings is 2. The van der Waals surface area contributed by atoms with Crippen LogP contribution in [0.5, 0.6) is 0 Å². The second kappa shape index (κ2) is 8.31. The second-order valence-electron chi connectivity index (χ2n) is 5.08. The van der Waals surface area contributed by atoms with E-state index in [0.717, 1.165) is 21.5 Å². The highest BCUT2D eigenvalue weighted by molar-refractivity contribution is 9.10. The summed E-state index contributed by atoms with van der Waals surface area (Å²) in [6, 6.07) is 17.7. The zero-order valence-electron chi connectivity index (χ0n) is 13.6. The summed E-state index contributed by atoms with van der Waals surface area (Å²) in [6.07, 6.45) is 0. The van der Waals surface area contributed by atoms with Crippen LogP contribution in [0.15, 0.2) is 64.2 Å². The molecule has 5 nitrogen and oxygen atoms in total. The zero-order chi connectivity index (χ0) is 17.6. The number of ether oxygens (including phenoxy) is 1. The molecule has 0 fully saturated rings. The number of hydrogen-bond acceptors (Lipinski definition) is 5. The van der Waals surface area contributed by atoms with Gasteiger partial charge in [0.25, 0.3) is 0 Å². The fourth-order valence-electron chi connectivity index (χ4n) is 2.31. The van der Waals surface area contributed by atoms with Crippen LogP contribution in [-0.2, 0) is 9.53 Å². The lowest BCUT2D eigenvalue weighted by Crippen LogP contribution is -2.08. The Kier molecular flexibility index (Phi) is 5.88. The normalized spacial score (nSPS) is 10.6. The number of esters is 1. The van der Waals surface area contributed by atoms with Crippen molar-refractivity contribution in [2.24, 2.45) is 0 Å². The monoisotopic (exact) mass is 417 g/mol. The molecule has 0 saturated carbocycles. The molecule has 0 N–H and O–H groups in total. The summed E-state index contributed by atoms with van der Waals surface area (Å²) in [7, 11) is 0. The maximum atomic E-state index is 11.7. The first kappa shape index (κ1) is 17.7. The van der Waals surface area contributed by atoms with E-state index in [-0.39, 0.29) is 11.7 Å². The molecular formula is C18H16BrN3O2S. The van der Waals surface area contributed by atoms with Crippen LogP contribution in [0.4, 0.5) is 0 Å². The van der Waals surface area contributed by atoms with Gasteiger partial charge in [-0.05, 0) is 31.2 Å². The Labute approximate surface area is 158 Å². The van der Waals surface area contributed by atoms with E-state index in [1.54, 1.807) is 6.92 Å². The van der Waals surface area contributed by atoms with Gasteiger partial charge in [-0.1, -0.05) is 58.0 Å². The number of thioether (sulfide) groups is 1. The Balaban J connectivity index is 2.00. The topological polar surface area (TPSA) is 57.0 Å². The van der Waals surface area contributed by atoms with E-state index in [4.69, 9.17) is 4.74 Å². The molecule has 1 aromatic heterocycles. The first-order chi connectivity index (χ1) is 12.2. The molecule has 2 aromatic carbocycles. The van der Waals surface area contributed by atoms with Crippen molar-refractivity contribution in [3.05, 3.63) is 59.1 Å². The number of aromatic nitrogens is 3. The first-order valence-corrected chi connectivity index (χ1v) is 9.52. The minimum atomic E-state index is -0.265. The molecule has 0 unspecified atom stereocenters. The summed E-state index contributed by atoms with van der Waals surface area (Å²) in [5.41, 5.74) is 1.88. The number of rotatable bonds is 6. The summed E-state index contributed by atoms with van der Waals surface area (Å²) in [5, 5.41) is 9.28. The fraction of sp³-hybridized carbons (Fsp3) is 0.167. The largest absolute Gasteiger partial charge is 0.465 e. The van der Waals surface area contributed by atoms with Crippen LogP contribution >= 0.6 is 27.7 Å². The smallest absolute Gasteiger partial charge is 0.316 e. The Bertz CT molecular complexity index is 868. The highest BCUT2D eigenvalue weighted by Crippen LogP contribution is 2.29. The van der Waals surface area contributed by atoms with Gasteiger partial charge >= 0.3 is 5.97 Å². The number of halogens is 1. The van der Waals surface area contributed by atoms with Crippen molar-refractivity contribution in [1.29, 1.82) is 0 Å². The maximum Gasteiger partial charge on any atom is 0.316 e. The van der Waals surface area contributed by atoms with Crippen molar-refractivity contribution >= 4 is 33.7 Å². The molecule has 0 aliphatic rings. The van der Waals surface area contributed by atoms with Crippen molar-refractivity contribution in [1.82, 2.24) is 14.8 Å². The third-order valence-electron chi connectivity index (χ3n) is 3.36. The molecule has 0 aliphatic heterocycles. The Morgan fingerprint density at radius 2 is 1.96 bits per heavy atom. The van der Waals surface area contributed by atoms with Gasteiger partial charge in [0.05, 0.1) is 12.4 Å². The molecule has 0 atom stereocenters. The van der Waals surface area contributed by atoms with Crippen LogP contribution in [0, 0.1) is 0 Å². The summed E-state index contributed by atoms with van der Waals surface area (Å²) in [5.74, 6) is 0.648. The Morgan fingerprint density at radius 1 is 1.16 bits per heavy atom. The average molecular weight is 418 g/mol. The van der Waals surface area contributed by atoms with E-state index in [0.29, 0.717) is 11.8 Å². The van der Waals surface area contributed by atoms with Gasteiger partial charge in [0, 0.05) is 15.7 Å². The molecule has 0 saturated heterocycles. The minimum absolute atomic E-state index is 0.192. The third-order valence-corrected chi connectivity index (χ3v) is 4.75. The molecule has 0 aliphatic carbocycles. The molecule has 1 heterocycles. The number of carbonyl (C=O) groups excluding carboxylic acids is 1. The highest BCUT2D eigenvalue weighted by atomic mass is 79.9. The van der Waals surface area contributed by atoms with Gasteiger partial charge < -0.3 is 4.74 Å². The number of para-hydroxylation sites is 1. The van der Waals surface area contributed by atoms with Crippen molar-refractivity contribution < 1.29 is 9.53 Å². The first-order valence-electron chi connectivity index (χ1n) is 7.74. The molecular weight excluding hydrogens is 402 g/mol. The third kappa shape index (κ3) is 4.29. The molecule has 0 amide bonds. The van der Waals surface area contributed by atoms with Gasteiger partial charge in [0.15, 0.2) is 11.0 Å². The van der Waals surface area contributed by atoms with Gasteiger partial charge in [-0.15, -0.1) is 10.2 Å². The minimum Gasteiger partial charge on any atom is -0.465 e. The molecule has 0 bridgehead atoms. The number of nitrogens with zero attached hydrogens (tertiary/aromatic N) is 3. The lowest BCUT2D eigenvalue weighted by Gasteiger charge is -2.10. The van der Waals surface area contributed by atoms with E-state index in [1.807, 2.05) is 59.2 Å². The summed E-state index contributed by atoms with van der Waals surface area (Å²) >= 11 is 4.80. The molecule has 0 spiro atoms. The number of hydrogen-bond donors (Lipinski definition) is 0. The summed E-state index contributed by atoms with van der Waals surface area (Å²) < 4.78 is 7.91. The van der Waals surface area contributed by atoms with Gasteiger partial charge in [-0.2, -0.15) is 0 Å². The van der Waals surface area contributed by atoms with Crippen LogP contribution in [0.1, 0.15) is 6.92 Å². The van der Waals surface area contributed by atoms with E-state index < -0.39 is 0 Å². The molecule has 3 rings (SSSR count). The SMILES string of the molecule is CCOC(=O)CSc1nnc(-c2cccc(Br)c2)n1-c1ccccc1. The van der Waals surface area contributed by atoms with E-state index in [1.165, 1.54) is 11.8 Å². The van der Waals surface area contributed by atoms with Gasteiger partial charge in [0.2, 0.25) is 0 Å². The molecule has 25 heavy (non-hydrogen) atoms. The fourth-order valence-corrected chi connectivity index (χ4v) is 3.46. The van der Waals surface area contributed by atoms with E-state index in [2.05, 4.69) is 26.1 Å². The molecule has 7 heteroatoms.